The third-order valence-corrected chi connectivity index (χ3v) is 4.52. The van der Waals surface area contributed by atoms with E-state index in [2.05, 4.69) is 5.32 Å². The fourth-order valence-corrected chi connectivity index (χ4v) is 3.02. The monoisotopic (exact) mass is 398 g/mol. The summed E-state index contributed by atoms with van der Waals surface area (Å²) < 4.78 is 10.4. The van der Waals surface area contributed by atoms with Gasteiger partial charge in [0.2, 0.25) is 0 Å². The summed E-state index contributed by atoms with van der Waals surface area (Å²) in [7, 11) is 1.34. The van der Waals surface area contributed by atoms with Gasteiger partial charge in [-0.05, 0) is 42.0 Å². The number of carbonyl (C=O) groups excluding carboxylic acids is 2. The highest BCUT2D eigenvalue weighted by Gasteiger charge is 2.29. The first kappa shape index (κ1) is 22.4. The Morgan fingerprint density at radius 3 is 2.17 bits per heavy atom. The number of nitrogen functional groups attached to an aromatic ring is 1. The van der Waals surface area contributed by atoms with Crippen molar-refractivity contribution in [2.24, 2.45) is 5.92 Å². The van der Waals surface area contributed by atoms with Crippen molar-refractivity contribution in [1.29, 1.82) is 0 Å². The number of nitrogens with two attached hydrogens (primary N) is 1. The molecule has 0 unspecified atom stereocenters. The normalized spacial score (nSPS) is 13.0. The molecule has 2 rings (SSSR count). The zero-order valence-corrected chi connectivity index (χ0v) is 17.3. The molecule has 0 heterocycles. The largest absolute Gasteiger partial charge is 0.468 e. The van der Waals surface area contributed by atoms with Gasteiger partial charge in [-0.3, -0.25) is 14.9 Å². The summed E-state index contributed by atoms with van der Waals surface area (Å²) in [5.74, 6) is -0.563. The van der Waals surface area contributed by atoms with Crippen LogP contribution in [0.25, 0.3) is 0 Å². The molecule has 0 saturated carbocycles. The number of benzene rings is 2. The summed E-state index contributed by atoms with van der Waals surface area (Å²) in [4.78, 5) is 25.1. The molecule has 156 valence electrons. The molecule has 0 saturated heterocycles. The Balaban J connectivity index is 2.09. The van der Waals surface area contributed by atoms with Crippen molar-refractivity contribution in [3.63, 3.8) is 0 Å². The summed E-state index contributed by atoms with van der Waals surface area (Å²) in [6, 6.07) is 15.5. The van der Waals surface area contributed by atoms with Crippen molar-refractivity contribution < 1.29 is 19.1 Å². The van der Waals surface area contributed by atoms with Crippen LogP contribution in [0, 0.1) is 5.92 Å². The molecule has 29 heavy (non-hydrogen) atoms. The minimum absolute atomic E-state index is 0.191. The third-order valence-electron chi connectivity index (χ3n) is 4.52. The zero-order valence-electron chi connectivity index (χ0n) is 17.3. The maximum Gasteiger partial charge on any atom is 0.323 e. The van der Waals surface area contributed by atoms with E-state index in [0.29, 0.717) is 18.5 Å². The molecule has 6 heteroatoms. The lowest BCUT2D eigenvalue weighted by molar-refractivity contribution is -0.149. The molecule has 2 atom stereocenters. The number of ether oxygens (including phenoxy) is 2. The van der Waals surface area contributed by atoms with E-state index in [4.69, 9.17) is 15.2 Å². The second-order valence-electron chi connectivity index (χ2n) is 7.46. The van der Waals surface area contributed by atoms with Crippen molar-refractivity contribution in [2.45, 2.75) is 45.4 Å². The number of methoxy groups -OCH3 is 1. The van der Waals surface area contributed by atoms with E-state index in [1.807, 2.05) is 56.3 Å². The van der Waals surface area contributed by atoms with Gasteiger partial charge in [0.05, 0.1) is 7.11 Å². The average Bonchev–Trinajstić information content (AvgIpc) is 2.72. The van der Waals surface area contributed by atoms with Gasteiger partial charge in [0.25, 0.3) is 0 Å². The fraction of sp³-hybridized carbons (Fsp3) is 0.391. The van der Waals surface area contributed by atoms with E-state index in [0.717, 1.165) is 11.1 Å². The Morgan fingerprint density at radius 1 is 0.931 bits per heavy atom. The van der Waals surface area contributed by atoms with Gasteiger partial charge in [0, 0.05) is 5.69 Å². The molecular weight excluding hydrogens is 368 g/mol. The molecule has 0 bridgehead atoms. The molecular formula is C23H30N2O4. The van der Waals surface area contributed by atoms with Gasteiger partial charge < -0.3 is 15.2 Å². The molecule has 0 amide bonds. The molecule has 0 aliphatic carbocycles. The van der Waals surface area contributed by atoms with Crippen LogP contribution in [0.15, 0.2) is 54.6 Å². The molecule has 6 nitrogen and oxygen atoms in total. The van der Waals surface area contributed by atoms with Crippen molar-refractivity contribution in [1.82, 2.24) is 5.32 Å². The standard InChI is InChI=1S/C23H30N2O4/c1-16(2)13-20(23(27)29-15-18-7-5-4-6-8-18)25-21(22(26)28-3)14-17-9-11-19(24)12-10-17/h4-12,16,20-21,25H,13-15,24H2,1-3H3/t20-,21-/m0/s1. The number of hydrogen-bond acceptors (Lipinski definition) is 6. The highest BCUT2D eigenvalue weighted by Crippen LogP contribution is 2.13. The van der Waals surface area contributed by atoms with Crippen LogP contribution >= 0.6 is 0 Å². The third kappa shape index (κ3) is 7.58. The SMILES string of the molecule is COC(=O)[C@H](Cc1ccc(N)cc1)N[C@@H](CC(C)C)C(=O)OCc1ccccc1. The maximum absolute atomic E-state index is 12.7. The van der Waals surface area contributed by atoms with E-state index in [1.54, 1.807) is 12.1 Å². The van der Waals surface area contributed by atoms with Crippen LogP contribution in [0.2, 0.25) is 0 Å². The quantitative estimate of drug-likeness (QED) is 0.472. The van der Waals surface area contributed by atoms with E-state index in [1.165, 1.54) is 7.11 Å². The van der Waals surface area contributed by atoms with Gasteiger partial charge in [0.15, 0.2) is 0 Å². The van der Waals surface area contributed by atoms with Crippen molar-refractivity contribution in [2.75, 3.05) is 12.8 Å². The number of hydrogen-bond donors (Lipinski definition) is 2. The van der Waals surface area contributed by atoms with E-state index < -0.39 is 18.1 Å². The predicted molar refractivity (Wildman–Crippen MR) is 113 cm³/mol. The van der Waals surface area contributed by atoms with Crippen molar-refractivity contribution in [3.05, 3.63) is 65.7 Å². The Hall–Kier alpha value is -2.86. The molecule has 0 aliphatic rings. The van der Waals surface area contributed by atoms with Gasteiger partial charge in [-0.1, -0.05) is 56.3 Å². The van der Waals surface area contributed by atoms with E-state index >= 15 is 0 Å². The minimum atomic E-state index is -0.670. The summed E-state index contributed by atoms with van der Waals surface area (Å²) in [6.45, 7) is 4.23. The Labute approximate surface area is 172 Å². The Bertz CT molecular complexity index is 775. The van der Waals surface area contributed by atoms with Crippen molar-refractivity contribution in [3.8, 4) is 0 Å². The van der Waals surface area contributed by atoms with Crippen LogP contribution in [-0.4, -0.2) is 31.1 Å². The second kappa shape index (κ2) is 11.2. The molecule has 0 aliphatic heterocycles. The summed E-state index contributed by atoms with van der Waals surface area (Å²) in [5, 5.41) is 3.15. The number of anilines is 1. The molecule has 0 fully saturated rings. The van der Waals surface area contributed by atoms with Crippen LogP contribution in [0.1, 0.15) is 31.4 Å². The van der Waals surface area contributed by atoms with Crippen LogP contribution < -0.4 is 11.1 Å². The van der Waals surface area contributed by atoms with Gasteiger partial charge >= 0.3 is 11.9 Å². The van der Waals surface area contributed by atoms with E-state index in [9.17, 15) is 9.59 Å². The lowest BCUT2D eigenvalue weighted by Crippen LogP contribution is -2.49. The maximum atomic E-state index is 12.7. The number of esters is 2. The van der Waals surface area contributed by atoms with Gasteiger partial charge in [-0.2, -0.15) is 0 Å². The highest BCUT2D eigenvalue weighted by molar-refractivity contribution is 5.80. The smallest absolute Gasteiger partial charge is 0.323 e. The highest BCUT2D eigenvalue weighted by atomic mass is 16.5. The Kier molecular flexibility index (Phi) is 8.68. The zero-order chi connectivity index (χ0) is 21.2. The van der Waals surface area contributed by atoms with Gasteiger partial charge in [0.1, 0.15) is 18.7 Å². The van der Waals surface area contributed by atoms with Crippen LogP contribution in [-0.2, 0) is 32.1 Å². The summed E-state index contributed by atoms with van der Waals surface area (Å²) >= 11 is 0. The molecule has 2 aromatic rings. The van der Waals surface area contributed by atoms with Gasteiger partial charge in [-0.25, -0.2) is 0 Å². The average molecular weight is 399 g/mol. The van der Waals surface area contributed by atoms with E-state index in [-0.39, 0.29) is 18.5 Å². The molecule has 0 aromatic heterocycles. The summed E-state index contributed by atoms with van der Waals surface area (Å²) in [5.41, 5.74) is 8.22. The lowest BCUT2D eigenvalue weighted by Gasteiger charge is -2.24. The fourth-order valence-electron chi connectivity index (χ4n) is 3.02. The number of nitrogens with one attached hydrogen (secondary N) is 1. The van der Waals surface area contributed by atoms with Gasteiger partial charge in [-0.15, -0.1) is 0 Å². The molecule has 2 aromatic carbocycles. The molecule has 0 spiro atoms. The lowest BCUT2D eigenvalue weighted by atomic mass is 10.0. The van der Waals surface area contributed by atoms with Crippen LogP contribution in [0.4, 0.5) is 5.69 Å². The first-order valence-corrected chi connectivity index (χ1v) is 9.78. The van der Waals surface area contributed by atoms with Crippen LogP contribution in [0.3, 0.4) is 0 Å². The van der Waals surface area contributed by atoms with Crippen LogP contribution in [0.5, 0.6) is 0 Å². The molecule has 0 radical (unpaired) electrons. The first-order chi connectivity index (χ1) is 13.9. The predicted octanol–water partition coefficient (Wildman–Crippen LogP) is 3.10. The van der Waals surface area contributed by atoms with Crippen molar-refractivity contribution >= 4 is 17.6 Å². The summed E-state index contributed by atoms with van der Waals surface area (Å²) in [6.07, 6.45) is 0.927. The number of carbonyl (C=O) groups is 2. The molecule has 3 N–H and O–H groups in total. The topological polar surface area (TPSA) is 90.6 Å². The number of rotatable bonds is 10. The second-order valence-corrected chi connectivity index (χ2v) is 7.46. The minimum Gasteiger partial charge on any atom is -0.468 e. The first-order valence-electron chi connectivity index (χ1n) is 9.78. The Morgan fingerprint density at radius 2 is 1.59 bits per heavy atom.